The summed E-state index contributed by atoms with van der Waals surface area (Å²) in [4.78, 5) is 30.0. The van der Waals surface area contributed by atoms with Crippen LogP contribution in [0, 0.1) is 11.7 Å². The molecule has 0 aliphatic heterocycles. The number of halogens is 1. The molecule has 8 heteroatoms. The molecule has 0 atom stereocenters. The van der Waals surface area contributed by atoms with E-state index >= 15 is 4.39 Å². The summed E-state index contributed by atoms with van der Waals surface area (Å²) in [6.45, 7) is 8.79. The minimum atomic E-state index is -1.01. The number of hydrogen-bond acceptors (Lipinski definition) is 5. The van der Waals surface area contributed by atoms with E-state index in [1.807, 2.05) is 43.4 Å². The fourth-order valence-corrected chi connectivity index (χ4v) is 5.53. The van der Waals surface area contributed by atoms with Gasteiger partial charge in [0.25, 0.3) is 0 Å². The maximum atomic E-state index is 15.6. The molecule has 42 heavy (non-hydrogen) atoms. The van der Waals surface area contributed by atoms with Crippen LogP contribution < -0.4 is 16.0 Å². The Balaban J connectivity index is 1.57. The highest BCUT2D eigenvalue weighted by Crippen LogP contribution is 2.35. The number of ether oxygens (including phenoxy) is 1. The van der Waals surface area contributed by atoms with E-state index in [0.717, 1.165) is 36.8 Å². The van der Waals surface area contributed by atoms with Gasteiger partial charge in [-0.05, 0) is 91.0 Å². The van der Waals surface area contributed by atoms with Gasteiger partial charge in [0.1, 0.15) is 11.4 Å². The zero-order valence-electron chi connectivity index (χ0n) is 25.5. The van der Waals surface area contributed by atoms with E-state index in [1.165, 1.54) is 6.07 Å². The van der Waals surface area contributed by atoms with E-state index in [4.69, 9.17) is 4.74 Å². The quantitative estimate of drug-likeness (QED) is 0.260. The molecule has 1 fully saturated rings. The van der Waals surface area contributed by atoms with E-state index in [9.17, 15) is 9.59 Å². The maximum Gasteiger partial charge on any atom is 0.408 e. The number of carbonyl (C=O) groups excluding carboxylic acids is 2. The zero-order valence-corrected chi connectivity index (χ0v) is 25.5. The van der Waals surface area contributed by atoms with Gasteiger partial charge in [-0.2, -0.15) is 0 Å². The average Bonchev–Trinajstić information content (AvgIpc) is 2.92. The maximum absolute atomic E-state index is 15.6. The number of nitrogens with one attached hydrogen (secondary N) is 3. The number of carbonyl (C=O) groups is 2. The van der Waals surface area contributed by atoms with Crippen molar-refractivity contribution in [3.05, 3.63) is 72.2 Å². The van der Waals surface area contributed by atoms with Crippen LogP contribution in [0.2, 0.25) is 0 Å². The van der Waals surface area contributed by atoms with Gasteiger partial charge in [-0.25, -0.2) is 9.18 Å². The van der Waals surface area contributed by atoms with Crippen LogP contribution in [0.3, 0.4) is 0 Å². The van der Waals surface area contributed by atoms with Gasteiger partial charge in [-0.3, -0.25) is 9.78 Å². The summed E-state index contributed by atoms with van der Waals surface area (Å²) >= 11 is 0. The summed E-state index contributed by atoms with van der Waals surface area (Å²) in [5.74, 6) is -0.114. The van der Waals surface area contributed by atoms with Crippen molar-refractivity contribution in [3.8, 4) is 22.4 Å². The lowest BCUT2D eigenvalue weighted by molar-refractivity contribution is -0.117. The van der Waals surface area contributed by atoms with Crippen LogP contribution >= 0.6 is 0 Å². The Hall–Kier alpha value is -3.78. The third-order valence-electron chi connectivity index (χ3n) is 7.71. The van der Waals surface area contributed by atoms with E-state index < -0.39 is 23.1 Å². The van der Waals surface area contributed by atoms with Crippen molar-refractivity contribution in [2.24, 2.45) is 5.92 Å². The number of amides is 2. The van der Waals surface area contributed by atoms with E-state index in [1.54, 1.807) is 52.9 Å². The van der Waals surface area contributed by atoms with Crippen molar-refractivity contribution in [2.75, 3.05) is 12.4 Å². The van der Waals surface area contributed by atoms with Gasteiger partial charge in [0, 0.05) is 29.2 Å². The van der Waals surface area contributed by atoms with Crippen LogP contribution in [0.4, 0.5) is 14.9 Å². The molecule has 0 bridgehead atoms. The molecular weight excluding hydrogens is 531 g/mol. The lowest BCUT2D eigenvalue weighted by atomic mass is 9.84. The molecule has 1 saturated carbocycles. The average molecular weight is 575 g/mol. The second kappa shape index (κ2) is 13.0. The molecule has 3 N–H and O–H groups in total. The SMILES string of the molecule is CNC1CCC(CC(=O)Nc2cnc(-c3ccc(C(C)(C)NC(=O)OC(C)(C)C)c(F)c3)c(-c3ccccc3)c2)CC1. The van der Waals surface area contributed by atoms with Gasteiger partial charge in [-0.15, -0.1) is 0 Å². The van der Waals surface area contributed by atoms with Crippen molar-refractivity contribution in [1.82, 2.24) is 15.6 Å². The molecule has 3 aromatic rings. The molecule has 1 aliphatic carbocycles. The van der Waals surface area contributed by atoms with Crippen molar-refractivity contribution in [2.45, 2.75) is 83.9 Å². The highest BCUT2D eigenvalue weighted by atomic mass is 19.1. The number of pyridine rings is 1. The number of benzene rings is 2. The van der Waals surface area contributed by atoms with Crippen molar-refractivity contribution in [3.63, 3.8) is 0 Å². The molecule has 7 nitrogen and oxygen atoms in total. The van der Waals surface area contributed by atoms with E-state index in [2.05, 4.69) is 20.9 Å². The van der Waals surface area contributed by atoms with Crippen molar-refractivity contribution >= 4 is 17.7 Å². The van der Waals surface area contributed by atoms with Crippen LogP contribution in [0.25, 0.3) is 22.4 Å². The lowest BCUT2D eigenvalue weighted by Gasteiger charge is -2.29. The Morgan fingerprint density at radius 1 is 0.952 bits per heavy atom. The van der Waals surface area contributed by atoms with Crippen LogP contribution in [-0.4, -0.2) is 35.7 Å². The molecule has 2 aromatic carbocycles. The topological polar surface area (TPSA) is 92.4 Å². The molecule has 0 saturated heterocycles. The second-order valence-electron chi connectivity index (χ2n) is 12.7. The third-order valence-corrected chi connectivity index (χ3v) is 7.71. The van der Waals surface area contributed by atoms with Gasteiger partial charge in [0.05, 0.1) is 23.1 Å². The largest absolute Gasteiger partial charge is 0.444 e. The van der Waals surface area contributed by atoms with Crippen LogP contribution in [0.15, 0.2) is 60.8 Å². The Morgan fingerprint density at radius 3 is 2.26 bits per heavy atom. The summed E-state index contributed by atoms with van der Waals surface area (Å²) in [7, 11) is 1.99. The monoisotopic (exact) mass is 574 g/mol. The number of aromatic nitrogens is 1. The number of rotatable bonds is 8. The smallest absolute Gasteiger partial charge is 0.408 e. The second-order valence-corrected chi connectivity index (χ2v) is 12.7. The van der Waals surface area contributed by atoms with Gasteiger partial charge < -0.3 is 20.7 Å². The first-order valence-corrected chi connectivity index (χ1v) is 14.7. The van der Waals surface area contributed by atoms with Gasteiger partial charge in [0.15, 0.2) is 0 Å². The summed E-state index contributed by atoms with van der Waals surface area (Å²) in [5, 5.41) is 9.13. The van der Waals surface area contributed by atoms with Gasteiger partial charge >= 0.3 is 6.09 Å². The minimum Gasteiger partial charge on any atom is -0.444 e. The fraction of sp³-hybridized carbons (Fsp3) is 0.441. The molecule has 224 valence electrons. The molecule has 1 aliphatic rings. The number of nitrogens with zero attached hydrogens (tertiary/aromatic N) is 1. The summed E-state index contributed by atoms with van der Waals surface area (Å²) in [5.41, 5.74) is 2.10. The van der Waals surface area contributed by atoms with Crippen LogP contribution in [0.1, 0.15) is 72.3 Å². The first-order valence-electron chi connectivity index (χ1n) is 14.7. The number of hydrogen-bond donors (Lipinski definition) is 3. The molecular formula is C34H43FN4O3. The van der Waals surface area contributed by atoms with Gasteiger partial charge in [0.2, 0.25) is 5.91 Å². The highest BCUT2D eigenvalue weighted by Gasteiger charge is 2.29. The number of anilines is 1. The lowest BCUT2D eigenvalue weighted by Crippen LogP contribution is -2.44. The Labute approximate surface area is 248 Å². The third kappa shape index (κ3) is 8.16. The molecule has 1 aromatic heterocycles. The first kappa shape index (κ1) is 31.2. The molecule has 1 heterocycles. The highest BCUT2D eigenvalue weighted by molar-refractivity contribution is 5.93. The fourth-order valence-electron chi connectivity index (χ4n) is 5.53. The molecule has 0 unspecified atom stereocenters. The van der Waals surface area contributed by atoms with Crippen LogP contribution in [-0.2, 0) is 15.1 Å². The zero-order chi connectivity index (χ0) is 30.5. The molecule has 0 spiro atoms. The van der Waals surface area contributed by atoms with E-state index in [0.29, 0.717) is 40.9 Å². The standard InChI is InChI=1S/C34H43FN4O3/c1-33(2,3)42-32(41)39-34(4,5)28-17-14-24(19-29(28)35)31-27(23-10-8-7-9-11-23)20-26(21-37-31)38-30(40)18-22-12-15-25(36-6)16-13-22/h7-11,14,17,19-22,25,36H,12-13,15-16,18H2,1-6H3,(H,38,40)(H,39,41). The molecule has 0 radical (unpaired) electrons. The Bertz CT molecular complexity index is 1390. The summed E-state index contributed by atoms with van der Waals surface area (Å²) < 4.78 is 21.0. The Kier molecular flexibility index (Phi) is 9.67. The number of alkyl carbamates (subject to hydrolysis) is 1. The first-order chi connectivity index (χ1) is 19.8. The Morgan fingerprint density at radius 2 is 1.64 bits per heavy atom. The van der Waals surface area contributed by atoms with Gasteiger partial charge in [-0.1, -0.05) is 42.5 Å². The predicted molar refractivity (Wildman–Crippen MR) is 166 cm³/mol. The summed E-state index contributed by atoms with van der Waals surface area (Å²) in [6, 6.07) is 17.1. The molecule has 4 rings (SSSR count). The van der Waals surface area contributed by atoms with Crippen molar-refractivity contribution < 1.29 is 18.7 Å². The minimum absolute atomic E-state index is 0.0217. The predicted octanol–water partition coefficient (Wildman–Crippen LogP) is 7.42. The van der Waals surface area contributed by atoms with Crippen LogP contribution in [0.5, 0.6) is 0 Å². The van der Waals surface area contributed by atoms with E-state index in [-0.39, 0.29) is 5.91 Å². The normalized spacial score (nSPS) is 17.4. The molecule has 2 amide bonds. The summed E-state index contributed by atoms with van der Waals surface area (Å²) in [6.07, 6.45) is 5.75. The van der Waals surface area contributed by atoms with Crippen molar-refractivity contribution in [1.29, 1.82) is 0 Å².